The molecule has 7 heteroatoms. The van der Waals surface area contributed by atoms with E-state index in [0.717, 1.165) is 18.4 Å². The minimum Gasteiger partial charge on any atom is -0.387 e. The van der Waals surface area contributed by atoms with Gasteiger partial charge in [0.05, 0.1) is 12.6 Å². The summed E-state index contributed by atoms with van der Waals surface area (Å²) in [5.41, 5.74) is 0.888. The molecule has 5 nitrogen and oxygen atoms in total. The van der Waals surface area contributed by atoms with E-state index in [1.165, 1.54) is 6.33 Å². The number of piperidine rings is 1. The van der Waals surface area contributed by atoms with E-state index in [0.29, 0.717) is 31.1 Å². The third-order valence-corrected chi connectivity index (χ3v) is 4.25. The molecule has 2 heterocycles. The highest BCUT2D eigenvalue weighted by Crippen LogP contribution is 2.29. The molecule has 0 amide bonds. The smallest absolute Gasteiger partial charge is 0.265 e. The summed E-state index contributed by atoms with van der Waals surface area (Å²) in [7, 11) is 0. The van der Waals surface area contributed by atoms with Crippen LogP contribution in [0.1, 0.15) is 25.7 Å². The van der Waals surface area contributed by atoms with Gasteiger partial charge in [-0.1, -0.05) is 18.2 Å². The van der Waals surface area contributed by atoms with Crippen LogP contribution in [0.2, 0.25) is 0 Å². The zero-order chi connectivity index (χ0) is 17.0. The SMILES string of the molecule is OC(CNc1cc(N2CCCC(F)(F)C2)ncn1)C1=CCCC=C1. The van der Waals surface area contributed by atoms with Crippen LogP contribution in [0.3, 0.4) is 0 Å². The van der Waals surface area contributed by atoms with Crippen LogP contribution in [0, 0.1) is 0 Å². The molecule has 1 saturated heterocycles. The summed E-state index contributed by atoms with van der Waals surface area (Å²) in [6, 6.07) is 1.65. The summed E-state index contributed by atoms with van der Waals surface area (Å²) in [5, 5.41) is 13.2. The number of halogens is 2. The molecule has 1 aromatic rings. The van der Waals surface area contributed by atoms with Gasteiger partial charge in [0.1, 0.15) is 18.0 Å². The Morgan fingerprint density at radius 2 is 2.21 bits per heavy atom. The molecule has 1 fully saturated rings. The van der Waals surface area contributed by atoms with E-state index in [9.17, 15) is 13.9 Å². The van der Waals surface area contributed by atoms with Gasteiger partial charge in [-0.05, 0) is 24.8 Å². The number of aliphatic hydroxyl groups is 1. The van der Waals surface area contributed by atoms with Crippen molar-refractivity contribution < 1.29 is 13.9 Å². The molecule has 1 aliphatic carbocycles. The van der Waals surface area contributed by atoms with Gasteiger partial charge in [-0.25, -0.2) is 18.7 Å². The lowest BCUT2D eigenvalue weighted by molar-refractivity contribution is -0.0118. The molecule has 130 valence electrons. The first-order valence-electron chi connectivity index (χ1n) is 8.27. The van der Waals surface area contributed by atoms with Crippen molar-refractivity contribution in [2.75, 3.05) is 29.9 Å². The molecule has 1 unspecified atom stereocenters. The topological polar surface area (TPSA) is 61.3 Å². The van der Waals surface area contributed by atoms with Crippen molar-refractivity contribution in [2.24, 2.45) is 0 Å². The van der Waals surface area contributed by atoms with Gasteiger partial charge in [0.25, 0.3) is 5.92 Å². The highest BCUT2D eigenvalue weighted by Gasteiger charge is 2.35. The summed E-state index contributed by atoms with van der Waals surface area (Å²) in [4.78, 5) is 9.79. The van der Waals surface area contributed by atoms with Gasteiger partial charge in [-0.3, -0.25) is 0 Å². The zero-order valence-corrected chi connectivity index (χ0v) is 13.5. The monoisotopic (exact) mass is 336 g/mol. The fourth-order valence-corrected chi connectivity index (χ4v) is 2.98. The van der Waals surface area contributed by atoms with Crippen LogP contribution in [0.25, 0.3) is 0 Å². The van der Waals surface area contributed by atoms with Crippen molar-refractivity contribution in [3.8, 4) is 0 Å². The lowest BCUT2D eigenvalue weighted by atomic mass is 10.0. The van der Waals surface area contributed by atoms with Gasteiger partial charge in [-0.15, -0.1) is 0 Å². The minimum absolute atomic E-state index is 0.0749. The predicted molar refractivity (Wildman–Crippen MR) is 89.4 cm³/mol. The van der Waals surface area contributed by atoms with Crippen molar-refractivity contribution >= 4 is 11.6 Å². The average molecular weight is 336 g/mol. The molecule has 1 aromatic heterocycles. The predicted octanol–water partition coefficient (Wildman–Crippen LogP) is 2.76. The highest BCUT2D eigenvalue weighted by atomic mass is 19.3. The van der Waals surface area contributed by atoms with E-state index in [4.69, 9.17) is 0 Å². The summed E-state index contributed by atoms with van der Waals surface area (Å²) >= 11 is 0. The van der Waals surface area contributed by atoms with Gasteiger partial charge < -0.3 is 15.3 Å². The fourth-order valence-electron chi connectivity index (χ4n) is 2.98. The van der Waals surface area contributed by atoms with Crippen molar-refractivity contribution in [3.63, 3.8) is 0 Å². The second kappa shape index (κ2) is 7.25. The molecule has 0 saturated carbocycles. The number of nitrogens with one attached hydrogen (secondary N) is 1. The number of aliphatic hydroxyl groups excluding tert-OH is 1. The fraction of sp³-hybridized carbons (Fsp3) is 0.529. The van der Waals surface area contributed by atoms with Gasteiger partial charge in [0.15, 0.2) is 0 Å². The van der Waals surface area contributed by atoms with Crippen LogP contribution in [-0.4, -0.2) is 46.7 Å². The number of aromatic nitrogens is 2. The molecule has 0 spiro atoms. The number of nitrogens with zero attached hydrogens (tertiary/aromatic N) is 3. The van der Waals surface area contributed by atoms with Crippen molar-refractivity contribution in [1.29, 1.82) is 0 Å². The minimum atomic E-state index is -2.67. The summed E-state index contributed by atoms with van der Waals surface area (Å²) < 4.78 is 27.1. The maximum Gasteiger partial charge on any atom is 0.265 e. The largest absolute Gasteiger partial charge is 0.387 e. The molecule has 2 N–H and O–H groups in total. The Balaban J connectivity index is 1.61. The van der Waals surface area contributed by atoms with Crippen molar-refractivity contribution in [2.45, 2.75) is 37.7 Å². The molecule has 0 aromatic carbocycles. The van der Waals surface area contributed by atoms with Crippen LogP contribution in [0.4, 0.5) is 20.4 Å². The van der Waals surface area contributed by atoms with E-state index in [-0.39, 0.29) is 13.0 Å². The van der Waals surface area contributed by atoms with Gasteiger partial charge >= 0.3 is 0 Å². The Bertz CT molecular complexity index is 633. The number of hydrogen-bond acceptors (Lipinski definition) is 5. The first-order chi connectivity index (χ1) is 11.5. The molecular weight excluding hydrogens is 314 g/mol. The Morgan fingerprint density at radius 3 is 2.96 bits per heavy atom. The highest BCUT2D eigenvalue weighted by molar-refractivity contribution is 5.49. The van der Waals surface area contributed by atoms with Crippen LogP contribution in [0.15, 0.2) is 36.2 Å². The first kappa shape index (κ1) is 16.8. The standard InChI is InChI=1S/C17H22F2N4O/c18-17(19)7-4-8-23(11-17)16-9-15(21-12-22-16)20-10-14(24)13-5-2-1-3-6-13/h2,5-6,9,12,14,24H,1,3-4,7-8,10-11H2,(H,20,21,22). The molecule has 24 heavy (non-hydrogen) atoms. The van der Waals surface area contributed by atoms with E-state index in [2.05, 4.69) is 15.3 Å². The lowest BCUT2D eigenvalue weighted by Crippen LogP contribution is -2.43. The number of allylic oxidation sites excluding steroid dienone is 2. The molecule has 2 aliphatic rings. The molecule has 3 rings (SSSR count). The van der Waals surface area contributed by atoms with E-state index < -0.39 is 12.0 Å². The van der Waals surface area contributed by atoms with Crippen molar-refractivity contribution in [1.82, 2.24) is 9.97 Å². The normalized spacial score (nSPS) is 21.3. The maximum atomic E-state index is 13.6. The molecule has 1 atom stereocenters. The van der Waals surface area contributed by atoms with Crippen LogP contribution >= 0.6 is 0 Å². The number of alkyl halides is 2. The second-order valence-electron chi connectivity index (χ2n) is 6.22. The number of rotatable bonds is 5. The molecular formula is C17H22F2N4O. The van der Waals surface area contributed by atoms with Gasteiger partial charge in [0.2, 0.25) is 0 Å². The molecule has 1 aliphatic heterocycles. The average Bonchev–Trinajstić information content (AvgIpc) is 2.60. The first-order valence-corrected chi connectivity index (χ1v) is 8.27. The van der Waals surface area contributed by atoms with Crippen LogP contribution in [-0.2, 0) is 0 Å². The Kier molecular flexibility index (Phi) is 5.08. The molecule has 0 bridgehead atoms. The summed E-state index contributed by atoms with van der Waals surface area (Å²) in [6.07, 6.45) is 9.02. The van der Waals surface area contributed by atoms with E-state index >= 15 is 0 Å². The number of anilines is 2. The van der Waals surface area contributed by atoms with E-state index in [1.807, 2.05) is 18.2 Å². The lowest BCUT2D eigenvalue weighted by Gasteiger charge is -2.33. The number of hydrogen-bond donors (Lipinski definition) is 2. The van der Waals surface area contributed by atoms with Gasteiger partial charge in [-0.2, -0.15) is 0 Å². The maximum absolute atomic E-state index is 13.6. The van der Waals surface area contributed by atoms with E-state index in [1.54, 1.807) is 11.0 Å². The Labute approximate surface area is 140 Å². The van der Waals surface area contributed by atoms with Crippen molar-refractivity contribution in [3.05, 3.63) is 36.2 Å². The summed E-state index contributed by atoms with van der Waals surface area (Å²) in [6.45, 7) is 0.554. The third kappa shape index (κ3) is 4.29. The summed E-state index contributed by atoms with van der Waals surface area (Å²) in [5.74, 6) is -1.67. The van der Waals surface area contributed by atoms with Gasteiger partial charge in [0, 0.05) is 25.6 Å². The quantitative estimate of drug-likeness (QED) is 0.866. The Hall–Kier alpha value is -2.02. The van der Waals surface area contributed by atoms with Crippen LogP contribution < -0.4 is 10.2 Å². The molecule has 0 radical (unpaired) electrons. The zero-order valence-electron chi connectivity index (χ0n) is 13.5. The Morgan fingerprint density at radius 1 is 1.33 bits per heavy atom. The third-order valence-electron chi connectivity index (χ3n) is 4.25. The van der Waals surface area contributed by atoms with Crippen LogP contribution in [0.5, 0.6) is 0 Å². The second-order valence-corrected chi connectivity index (χ2v) is 6.22.